The zero-order valence-electron chi connectivity index (χ0n) is 22.2. The van der Waals surface area contributed by atoms with Gasteiger partial charge in [-0.1, -0.05) is 82.0 Å². The minimum atomic E-state index is -0.779. The highest BCUT2D eigenvalue weighted by Gasteiger charge is 2.26. The lowest BCUT2D eigenvalue weighted by atomic mass is 9.77. The molecule has 0 spiro atoms. The molecule has 1 saturated carbocycles. The minimum absolute atomic E-state index is 0.0991. The molecular formula is C33H39F3O. The Morgan fingerprint density at radius 2 is 1.49 bits per heavy atom. The van der Waals surface area contributed by atoms with E-state index >= 15 is 8.78 Å². The van der Waals surface area contributed by atoms with Gasteiger partial charge in [0.1, 0.15) is 6.61 Å². The van der Waals surface area contributed by atoms with Crippen molar-refractivity contribution >= 4 is 0 Å². The van der Waals surface area contributed by atoms with Crippen LogP contribution in [-0.4, -0.2) is 0 Å². The monoisotopic (exact) mass is 508 g/mol. The second kappa shape index (κ2) is 13.2. The van der Waals surface area contributed by atoms with Crippen LogP contribution in [0.2, 0.25) is 0 Å². The number of hydrogen-bond donors (Lipinski definition) is 0. The molecule has 0 saturated heterocycles. The fourth-order valence-electron chi connectivity index (χ4n) is 5.61. The van der Waals surface area contributed by atoms with Crippen molar-refractivity contribution in [2.45, 2.75) is 90.6 Å². The summed E-state index contributed by atoms with van der Waals surface area (Å²) in [4.78, 5) is 0. The molecule has 3 aromatic rings. The Balaban J connectivity index is 1.37. The first kappa shape index (κ1) is 27.3. The second-order valence-corrected chi connectivity index (χ2v) is 10.5. The van der Waals surface area contributed by atoms with Crippen molar-refractivity contribution in [2.75, 3.05) is 0 Å². The Hall–Kier alpha value is -2.75. The van der Waals surface area contributed by atoms with Crippen molar-refractivity contribution in [1.29, 1.82) is 0 Å². The van der Waals surface area contributed by atoms with Crippen molar-refractivity contribution in [3.63, 3.8) is 0 Å². The topological polar surface area (TPSA) is 9.23 Å². The third kappa shape index (κ3) is 6.97. The first-order valence-electron chi connectivity index (χ1n) is 14.0. The number of ether oxygens (including phenoxy) is 1. The molecular weight excluding hydrogens is 469 g/mol. The van der Waals surface area contributed by atoms with Crippen LogP contribution < -0.4 is 4.74 Å². The van der Waals surface area contributed by atoms with E-state index in [9.17, 15) is 4.39 Å². The number of unbranched alkanes of at least 4 members (excludes halogenated alkanes) is 2. The van der Waals surface area contributed by atoms with Gasteiger partial charge in [-0.15, -0.1) is 0 Å². The van der Waals surface area contributed by atoms with Crippen LogP contribution in [0.3, 0.4) is 0 Å². The van der Waals surface area contributed by atoms with Crippen molar-refractivity contribution in [1.82, 2.24) is 0 Å². The van der Waals surface area contributed by atoms with Crippen LogP contribution in [-0.2, 0) is 13.0 Å². The Kier molecular flexibility index (Phi) is 9.71. The summed E-state index contributed by atoms with van der Waals surface area (Å²) in [6.45, 7) is 4.55. The highest BCUT2D eigenvalue weighted by atomic mass is 19.2. The van der Waals surface area contributed by atoms with E-state index in [1.807, 2.05) is 18.2 Å². The lowest BCUT2D eigenvalue weighted by molar-refractivity contribution is 0.290. The first-order chi connectivity index (χ1) is 18.0. The van der Waals surface area contributed by atoms with Crippen LogP contribution in [0.1, 0.15) is 94.2 Å². The predicted octanol–water partition coefficient (Wildman–Crippen LogP) is 10.2. The summed E-state index contributed by atoms with van der Waals surface area (Å²) in [5, 5.41) is 0. The lowest BCUT2D eigenvalue weighted by Gasteiger charge is -2.29. The SMILES string of the molecule is CCCCCc1ccc(OCc2ccc(-c3ccc(C4CCC(CCC)CC4)c(F)c3F)cc2)c(F)c1. The van der Waals surface area contributed by atoms with Crippen LogP contribution in [0.5, 0.6) is 5.75 Å². The smallest absolute Gasteiger partial charge is 0.166 e. The third-order valence-electron chi connectivity index (χ3n) is 7.82. The van der Waals surface area contributed by atoms with E-state index in [-0.39, 0.29) is 29.7 Å². The number of benzene rings is 3. The van der Waals surface area contributed by atoms with Gasteiger partial charge < -0.3 is 4.74 Å². The Labute approximate surface area is 220 Å². The van der Waals surface area contributed by atoms with Gasteiger partial charge in [0.25, 0.3) is 0 Å². The summed E-state index contributed by atoms with van der Waals surface area (Å²) < 4.78 is 50.3. The number of rotatable bonds is 11. The lowest BCUT2D eigenvalue weighted by Crippen LogP contribution is -2.15. The molecule has 0 atom stereocenters. The molecule has 198 valence electrons. The van der Waals surface area contributed by atoms with Crippen LogP contribution in [0.25, 0.3) is 11.1 Å². The fourth-order valence-corrected chi connectivity index (χ4v) is 5.61. The molecule has 0 N–H and O–H groups in total. The molecule has 3 aromatic carbocycles. The van der Waals surface area contributed by atoms with Gasteiger partial charge >= 0.3 is 0 Å². The normalized spacial score (nSPS) is 17.6. The highest BCUT2D eigenvalue weighted by Crippen LogP contribution is 2.40. The largest absolute Gasteiger partial charge is 0.486 e. The molecule has 0 unspecified atom stereocenters. The molecule has 1 aliphatic carbocycles. The summed E-state index contributed by atoms with van der Waals surface area (Å²) in [5.74, 6) is -0.807. The van der Waals surface area contributed by atoms with Gasteiger partial charge in [0.15, 0.2) is 23.2 Å². The second-order valence-electron chi connectivity index (χ2n) is 10.5. The summed E-state index contributed by atoms with van der Waals surface area (Å²) in [6.07, 6.45) is 10.6. The molecule has 0 amide bonds. The average Bonchev–Trinajstić information content (AvgIpc) is 2.91. The molecule has 0 heterocycles. The summed E-state index contributed by atoms with van der Waals surface area (Å²) in [6, 6.07) is 15.8. The first-order valence-corrected chi connectivity index (χ1v) is 14.0. The summed E-state index contributed by atoms with van der Waals surface area (Å²) in [5.41, 5.74) is 3.20. The average molecular weight is 509 g/mol. The molecule has 1 nitrogen and oxygen atoms in total. The maximum atomic E-state index is 15.1. The molecule has 0 bridgehead atoms. The molecule has 0 aliphatic heterocycles. The van der Waals surface area contributed by atoms with E-state index < -0.39 is 11.6 Å². The van der Waals surface area contributed by atoms with Crippen molar-refractivity contribution < 1.29 is 17.9 Å². The minimum Gasteiger partial charge on any atom is -0.486 e. The number of aryl methyl sites for hydroxylation is 1. The Morgan fingerprint density at radius 1 is 0.757 bits per heavy atom. The molecule has 4 rings (SSSR count). The zero-order chi connectivity index (χ0) is 26.2. The van der Waals surface area contributed by atoms with Gasteiger partial charge in [-0.3, -0.25) is 0 Å². The van der Waals surface area contributed by atoms with Gasteiger partial charge in [0.2, 0.25) is 0 Å². The van der Waals surface area contributed by atoms with Crippen LogP contribution in [0.15, 0.2) is 54.6 Å². The van der Waals surface area contributed by atoms with Gasteiger partial charge in [-0.25, -0.2) is 13.2 Å². The highest BCUT2D eigenvalue weighted by molar-refractivity contribution is 5.65. The summed E-state index contributed by atoms with van der Waals surface area (Å²) >= 11 is 0. The van der Waals surface area contributed by atoms with E-state index in [1.165, 1.54) is 12.8 Å². The Morgan fingerprint density at radius 3 is 2.16 bits per heavy atom. The quantitative estimate of drug-likeness (QED) is 0.234. The van der Waals surface area contributed by atoms with Crippen LogP contribution in [0.4, 0.5) is 13.2 Å². The van der Waals surface area contributed by atoms with Crippen LogP contribution in [0, 0.1) is 23.4 Å². The van der Waals surface area contributed by atoms with Gasteiger partial charge in [-0.2, -0.15) is 0 Å². The number of hydrogen-bond acceptors (Lipinski definition) is 1. The van der Waals surface area contributed by atoms with E-state index in [2.05, 4.69) is 13.8 Å². The van der Waals surface area contributed by atoms with Gasteiger partial charge in [0.05, 0.1) is 0 Å². The maximum Gasteiger partial charge on any atom is 0.166 e. The molecule has 0 radical (unpaired) electrons. The van der Waals surface area contributed by atoms with Crippen molar-refractivity contribution in [2.24, 2.45) is 5.92 Å². The molecule has 4 heteroatoms. The van der Waals surface area contributed by atoms with Crippen molar-refractivity contribution in [3.8, 4) is 16.9 Å². The Bertz CT molecular complexity index is 1150. The molecule has 1 aliphatic rings. The molecule has 37 heavy (non-hydrogen) atoms. The van der Waals surface area contributed by atoms with Gasteiger partial charge in [0, 0.05) is 5.56 Å². The van der Waals surface area contributed by atoms with E-state index in [0.29, 0.717) is 11.1 Å². The van der Waals surface area contributed by atoms with E-state index in [4.69, 9.17) is 4.74 Å². The summed E-state index contributed by atoms with van der Waals surface area (Å²) in [7, 11) is 0. The zero-order valence-corrected chi connectivity index (χ0v) is 22.2. The van der Waals surface area contributed by atoms with E-state index in [0.717, 1.165) is 68.4 Å². The predicted molar refractivity (Wildman–Crippen MR) is 145 cm³/mol. The fraction of sp³-hybridized carbons (Fsp3) is 0.455. The molecule has 0 aromatic heterocycles. The molecule has 1 fully saturated rings. The standard InChI is InChI=1S/C33H39F3O/c1-3-5-6-8-24-13-20-31(30(34)21-24)37-22-25-11-16-27(17-12-25)29-19-18-28(32(35)33(29)36)26-14-9-23(7-4-2)10-15-26/h11-13,16-21,23,26H,3-10,14-15,22H2,1-2H3. The van der Waals surface area contributed by atoms with Gasteiger partial charge in [-0.05, 0) is 84.7 Å². The van der Waals surface area contributed by atoms with Crippen molar-refractivity contribution in [3.05, 3.63) is 88.7 Å². The maximum absolute atomic E-state index is 15.1. The van der Waals surface area contributed by atoms with Crippen LogP contribution >= 0.6 is 0 Å². The third-order valence-corrected chi connectivity index (χ3v) is 7.82. The van der Waals surface area contributed by atoms with E-state index in [1.54, 1.807) is 36.4 Å². The number of halogens is 3.